The van der Waals surface area contributed by atoms with Gasteiger partial charge in [-0.15, -0.1) is 0 Å². The summed E-state index contributed by atoms with van der Waals surface area (Å²) >= 11 is 6.05. The second-order valence-corrected chi connectivity index (χ2v) is 9.24. The molecular formula is C27H27ClN2O3. The van der Waals surface area contributed by atoms with E-state index in [1.165, 1.54) is 0 Å². The number of aromatic nitrogens is 2. The van der Waals surface area contributed by atoms with Crippen LogP contribution in [0.1, 0.15) is 31.9 Å². The predicted molar refractivity (Wildman–Crippen MR) is 133 cm³/mol. The van der Waals surface area contributed by atoms with Crippen LogP contribution in [0, 0.1) is 6.92 Å². The number of fused-ring (bicyclic) bond motifs is 1. The van der Waals surface area contributed by atoms with Crippen LogP contribution in [0.3, 0.4) is 0 Å². The zero-order valence-corrected chi connectivity index (χ0v) is 19.9. The van der Waals surface area contributed by atoms with Crippen LogP contribution in [0.25, 0.3) is 33.3 Å². The molecule has 2 N–H and O–H groups in total. The summed E-state index contributed by atoms with van der Waals surface area (Å²) in [6.45, 7) is 7.18. The maximum absolute atomic E-state index is 11.5. The first-order valence-electron chi connectivity index (χ1n) is 10.6. The van der Waals surface area contributed by atoms with Gasteiger partial charge in [0.2, 0.25) is 0 Å². The number of carboxylic acids is 1. The molecule has 0 saturated carbocycles. The normalized spacial score (nSPS) is 11.1. The second kappa shape index (κ2) is 10.1. The van der Waals surface area contributed by atoms with Crippen LogP contribution in [-0.2, 0) is 11.2 Å². The van der Waals surface area contributed by atoms with Gasteiger partial charge < -0.3 is 10.2 Å². The molecule has 170 valence electrons. The van der Waals surface area contributed by atoms with Crippen LogP contribution in [0.4, 0.5) is 0 Å². The van der Waals surface area contributed by atoms with Crippen molar-refractivity contribution in [3.63, 3.8) is 0 Å². The molecule has 3 aromatic carbocycles. The lowest BCUT2D eigenvalue weighted by Crippen LogP contribution is -2.10. The Bertz CT molecular complexity index is 1260. The van der Waals surface area contributed by atoms with Gasteiger partial charge >= 0.3 is 5.97 Å². The molecule has 5 nitrogen and oxygen atoms in total. The largest absolute Gasteiger partial charge is 0.481 e. The lowest BCUT2D eigenvalue weighted by Gasteiger charge is -2.16. The summed E-state index contributed by atoms with van der Waals surface area (Å²) in [6.07, 6.45) is 3.39. The summed E-state index contributed by atoms with van der Waals surface area (Å²) in [5.74, 6) is -0.198. The maximum Gasteiger partial charge on any atom is 0.307 e. The van der Waals surface area contributed by atoms with Crippen molar-refractivity contribution in [2.45, 2.75) is 39.7 Å². The minimum absolute atomic E-state index is 0.0384. The molecule has 1 heterocycles. The highest BCUT2D eigenvalue weighted by molar-refractivity contribution is 6.30. The first-order valence-corrected chi connectivity index (χ1v) is 10.9. The van der Waals surface area contributed by atoms with E-state index >= 15 is 0 Å². The molecule has 0 saturated heterocycles. The molecule has 33 heavy (non-hydrogen) atoms. The number of hydrogen-bond acceptors (Lipinski definition) is 4. The lowest BCUT2D eigenvalue weighted by atomic mass is 9.88. The van der Waals surface area contributed by atoms with Crippen LogP contribution in [0.5, 0.6) is 0 Å². The Balaban J connectivity index is 0.000000555. The molecule has 4 aromatic rings. The third-order valence-electron chi connectivity index (χ3n) is 4.76. The Labute approximate surface area is 198 Å². The quantitative estimate of drug-likeness (QED) is 0.370. The number of carbonyl (C=O) groups is 1. The van der Waals surface area contributed by atoms with Gasteiger partial charge in [0.15, 0.2) is 5.82 Å². The highest BCUT2D eigenvalue weighted by Crippen LogP contribution is 2.37. The number of aliphatic carboxylic acids is 1. The summed E-state index contributed by atoms with van der Waals surface area (Å²) < 4.78 is 0. The van der Waals surface area contributed by atoms with Crippen molar-refractivity contribution in [2.24, 2.45) is 0 Å². The smallest absolute Gasteiger partial charge is 0.307 e. The highest BCUT2D eigenvalue weighted by atomic mass is 35.5. The van der Waals surface area contributed by atoms with Gasteiger partial charge in [0.1, 0.15) is 0 Å². The number of aliphatic hydroxyl groups is 1. The zero-order chi connectivity index (χ0) is 24.2. The van der Waals surface area contributed by atoms with E-state index in [1.54, 1.807) is 39.2 Å². The molecule has 0 bridgehead atoms. The molecule has 0 amide bonds. The standard InChI is InChI=1S/C23H17ClN2O2.C4H10O/c1-14-11-17-12-16(23-25-9-2-10-26-23)5-8-19(17)22(20(14)13-21(27)28)15-3-6-18(24)7-4-15;1-4(2,3)5/h2-12H,13H2,1H3,(H,27,28);5H,1-3H3. The molecule has 4 rings (SSSR count). The third-order valence-corrected chi connectivity index (χ3v) is 5.01. The minimum Gasteiger partial charge on any atom is -0.481 e. The van der Waals surface area contributed by atoms with Gasteiger partial charge in [-0.05, 0) is 85.0 Å². The zero-order valence-electron chi connectivity index (χ0n) is 19.1. The molecule has 6 heteroatoms. The van der Waals surface area contributed by atoms with Gasteiger partial charge in [-0.3, -0.25) is 4.79 Å². The first-order chi connectivity index (χ1) is 15.5. The molecule has 0 aliphatic heterocycles. The van der Waals surface area contributed by atoms with Gasteiger partial charge in [0.25, 0.3) is 0 Å². The van der Waals surface area contributed by atoms with Gasteiger partial charge in [-0.2, -0.15) is 0 Å². The average Bonchev–Trinajstić information content (AvgIpc) is 2.74. The fourth-order valence-corrected chi connectivity index (χ4v) is 3.63. The number of hydrogen-bond donors (Lipinski definition) is 2. The monoisotopic (exact) mass is 462 g/mol. The SMILES string of the molecule is CC(C)(C)O.Cc1cc2cc(-c3ncccn3)ccc2c(-c2ccc(Cl)cc2)c1CC(=O)O. The van der Waals surface area contributed by atoms with Crippen LogP contribution >= 0.6 is 11.6 Å². The van der Waals surface area contributed by atoms with E-state index in [9.17, 15) is 9.90 Å². The summed E-state index contributed by atoms with van der Waals surface area (Å²) in [7, 11) is 0. The van der Waals surface area contributed by atoms with Gasteiger partial charge in [0.05, 0.1) is 12.0 Å². The van der Waals surface area contributed by atoms with Crippen LogP contribution in [-0.4, -0.2) is 31.8 Å². The van der Waals surface area contributed by atoms with Crippen LogP contribution in [0.15, 0.2) is 67.0 Å². The summed E-state index contributed by atoms with van der Waals surface area (Å²) in [6, 6.07) is 17.3. The Kier molecular flexibility index (Phi) is 7.46. The fourth-order valence-electron chi connectivity index (χ4n) is 3.50. The average molecular weight is 463 g/mol. The number of benzene rings is 3. The maximum atomic E-state index is 11.5. The molecule has 0 fully saturated rings. The van der Waals surface area contributed by atoms with E-state index in [1.807, 2.05) is 55.5 Å². The van der Waals surface area contributed by atoms with Crippen molar-refractivity contribution in [3.05, 3.63) is 83.1 Å². The molecule has 0 aliphatic carbocycles. The van der Waals surface area contributed by atoms with E-state index in [-0.39, 0.29) is 6.42 Å². The summed E-state index contributed by atoms with van der Waals surface area (Å²) in [5, 5.41) is 20.6. The number of halogens is 1. The van der Waals surface area contributed by atoms with E-state index in [4.69, 9.17) is 16.7 Å². The molecule has 0 aliphatic rings. The number of aryl methyl sites for hydroxylation is 1. The van der Waals surface area contributed by atoms with Crippen LogP contribution in [0.2, 0.25) is 5.02 Å². The molecule has 0 radical (unpaired) electrons. The first kappa shape index (κ1) is 24.4. The number of carboxylic acid groups (broad SMARTS) is 1. The van der Waals surface area contributed by atoms with Gasteiger partial charge in [-0.25, -0.2) is 9.97 Å². The van der Waals surface area contributed by atoms with Gasteiger partial charge in [0, 0.05) is 23.0 Å². The Morgan fingerprint density at radius 3 is 2.12 bits per heavy atom. The molecular weight excluding hydrogens is 436 g/mol. The number of rotatable bonds is 4. The van der Waals surface area contributed by atoms with Crippen molar-refractivity contribution < 1.29 is 15.0 Å². The lowest BCUT2D eigenvalue weighted by molar-refractivity contribution is -0.136. The Hall–Kier alpha value is -3.28. The summed E-state index contributed by atoms with van der Waals surface area (Å²) in [4.78, 5) is 20.1. The topological polar surface area (TPSA) is 83.3 Å². The second-order valence-electron chi connectivity index (χ2n) is 8.80. The van der Waals surface area contributed by atoms with E-state index in [0.29, 0.717) is 10.8 Å². The van der Waals surface area contributed by atoms with E-state index < -0.39 is 11.6 Å². The minimum atomic E-state index is -0.855. The predicted octanol–water partition coefficient (Wildman–Crippen LogP) is 6.33. The molecule has 0 atom stereocenters. The van der Waals surface area contributed by atoms with Crippen molar-refractivity contribution in [3.8, 4) is 22.5 Å². The van der Waals surface area contributed by atoms with Crippen molar-refractivity contribution in [1.29, 1.82) is 0 Å². The number of nitrogens with zero attached hydrogens (tertiary/aromatic N) is 2. The van der Waals surface area contributed by atoms with Gasteiger partial charge in [-0.1, -0.05) is 41.9 Å². The third kappa shape index (κ3) is 6.60. The van der Waals surface area contributed by atoms with E-state index in [0.717, 1.165) is 38.6 Å². The van der Waals surface area contributed by atoms with E-state index in [2.05, 4.69) is 9.97 Å². The highest BCUT2D eigenvalue weighted by Gasteiger charge is 2.16. The fraction of sp³-hybridized carbons (Fsp3) is 0.222. The molecule has 0 spiro atoms. The Morgan fingerprint density at radius 1 is 0.970 bits per heavy atom. The van der Waals surface area contributed by atoms with Crippen molar-refractivity contribution >= 4 is 28.3 Å². The molecule has 0 unspecified atom stereocenters. The summed E-state index contributed by atoms with van der Waals surface area (Å²) in [5.41, 5.74) is 4.03. The van der Waals surface area contributed by atoms with Crippen LogP contribution < -0.4 is 0 Å². The van der Waals surface area contributed by atoms with Crippen molar-refractivity contribution in [2.75, 3.05) is 0 Å². The van der Waals surface area contributed by atoms with Crippen molar-refractivity contribution in [1.82, 2.24) is 9.97 Å². The molecule has 1 aromatic heterocycles. The Morgan fingerprint density at radius 2 is 1.55 bits per heavy atom.